The first kappa shape index (κ1) is 17.7. The Bertz CT molecular complexity index is 780. The van der Waals surface area contributed by atoms with Gasteiger partial charge in [0.05, 0.1) is 11.3 Å². The van der Waals surface area contributed by atoms with Crippen molar-refractivity contribution in [2.75, 3.05) is 19.0 Å². The number of anilines is 1. The second kappa shape index (κ2) is 7.44. The second-order valence-corrected chi connectivity index (χ2v) is 7.12. The smallest absolute Gasteiger partial charge is 0.293 e. The van der Waals surface area contributed by atoms with Crippen LogP contribution in [0.5, 0.6) is 0 Å². The molecular formula is C19H21BrN2O3. The van der Waals surface area contributed by atoms with E-state index < -0.39 is 0 Å². The molecule has 0 spiro atoms. The average Bonchev–Trinajstić information content (AvgIpc) is 3.31. The second-order valence-electron chi connectivity index (χ2n) is 6.34. The molecule has 1 aromatic carbocycles. The third-order valence-corrected chi connectivity index (χ3v) is 5.20. The molecule has 1 heterocycles. The highest BCUT2D eigenvalue weighted by Gasteiger charge is 2.27. The van der Waals surface area contributed by atoms with Crippen molar-refractivity contribution in [3.05, 3.63) is 52.4 Å². The van der Waals surface area contributed by atoms with Crippen LogP contribution in [0, 0.1) is 0 Å². The van der Waals surface area contributed by atoms with Gasteiger partial charge in [-0.3, -0.25) is 9.59 Å². The molecule has 0 saturated heterocycles. The molecule has 6 heteroatoms. The van der Waals surface area contributed by atoms with Gasteiger partial charge in [-0.25, -0.2) is 0 Å². The summed E-state index contributed by atoms with van der Waals surface area (Å²) in [6.45, 7) is 0. The summed E-state index contributed by atoms with van der Waals surface area (Å²) in [4.78, 5) is 28.9. The number of carbonyl (C=O) groups is 2. The minimum atomic E-state index is -0.297. The Morgan fingerprint density at radius 2 is 1.72 bits per heavy atom. The summed E-state index contributed by atoms with van der Waals surface area (Å²) in [6.07, 6.45) is 4.41. The molecule has 1 aliphatic carbocycles. The lowest BCUT2D eigenvalue weighted by Gasteiger charge is -2.27. The summed E-state index contributed by atoms with van der Waals surface area (Å²) in [6, 6.07) is 10.8. The third-order valence-electron chi connectivity index (χ3n) is 4.78. The van der Waals surface area contributed by atoms with Crippen LogP contribution in [0.3, 0.4) is 0 Å². The molecule has 0 aliphatic heterocycles. The van der Waals surface area contributed by atoms with Crippen LogP contribution in [0.15, 0.2) is 45.5 Å². The van der Waals surface area contributed by atoms with Gasteiger partial charge >= 0.3 is 0 Å². The normalized spacial score (nSPS) is 14.5. The zero-order valence-electron chi connectivity index (χ0n) is 14.4. The Morgan fingerprint density at radius 1 is 1.04 bits per heavy atom. The lowest BCUT2D eigenvalue weighted by Crippen LogP contribution is -2.36. The van der Waals surface area contributed by atoms with E-state index in [1.807, 2.05) is 24.1 Å². The van der Waals surface area contributed by atoms with E-state index in [0.29, 0.717) is 15.9 Å². The molecule has 5 nitrogen and oxygen atoms in total. The molecule has 1 fully saturated rings. The molecule has 0 bridgehead atoms. The van der Waals surface area contributed by atoms with Crippen molar-refractivity contribution in [1.82, 2.24) is 4.90 Å². The zero-order chi connectivity index (χ0) is 18.0. The van der Waals surface area contributed by atoms with Crippen molar-refractivity contribution in [2.45, 2.75) is 31.7 Å². The van der Waals surface area contributed by atoms with E-state index in [2.05, 4.69) is 15.9 Å². The lowest BCUT2D eigenvalue weighted by atomic mass is 10.1. The van der Waals surface area contributed by atoms with Crippen LogP contribution in [0.4, 0.5) is 5.69 Å². The van der Waals surface area contributed by atoms with E-state index in [1.165, 1.54) is 4.90 Å². The maximum absolute atomic E-state index is 13.0. The van der Waals surface area contributed by atoms with E-state index in [4.69, 9.17) is 4.42 Å². The van der Waals surface area contributed by atoms with Crippen LogP contribution < -0.4 is 4.90 Å². The van der Waals surface area contributed by atoms with Gasteiger partial charge in [0, 0.05) is 20.1 Å². The largest absolute Gasteiger partial charge is 0.444 e. The molecule has 132 valence electrons. The van der Waals surface area contributed by atoms with E-state index in [9.17, 15) is 9.59 Å². The van der Waals surface area contributed by atoms with Crippen molar-refractivity contribution < 1.29 is 14.0 Å². The number of rotatable bonds is 4. The maximum atomic E-state index is 13.0. The number of hydrogen-bond acceptors (Lipinski definition) is 3. The fourth-order valence-electron chi connectivity index (χ4n) is 3.30. The molecule has 2 aromatic rings. The molecule has 1 saturated carbocycles. The Labute approximate surface area is 155 Å². The van der Waals surface area contributed by atoms with Gasteiger partial charge in [0.25, 0.3) is 11.8 Å². The summed E-state index contributed by atoms with van der Waals surface area (Å²) >= 11 is 3.20. The highest BCUT2D eigenvalue weighted by atomic mass is 79.9. The predicted molar refractivity (Wildman–Crippen MR) is 99.9 cm³/mol. The highest BCUT2D eigenvalue weighted by Crippen LogP contribution is 2.27. The summed E-state index contributed by atoms with van der Waals surface area (Å²) in [5.74, 6) is -0.127. The van der Waals surface area contributed by atoms with Gasteiger partial charge in [-0.1, -0.05) is 25.0 Å². The number of furan rings is 1. The third kappa shape index (κ3) is 3.63. The van der Waals surface area contributed by atoms with E-state index >= 15 is 0 Å². The molecule has 1 aromatic heterocycles. The Kier molecular flexibility index (Phi) is 5.27. The summed E-state index contributed by atoms with van der Waals surface area (Å²) in [5, 5.41) is 0. The molecule has 2 amide bonds. The van der Waals surface area contributed by atoms with Crippen LogP contribution in [-0.4, -0.2) is 36.9 Å². The van der Waals surface area contributed by atoms with Gasteiger partial charge in [0.2, 0.25) is 0 Å². The number of amides is 2. The molecule has 3 rings (SSSR count). The standard InChI is InChI=1S/C19H21BrN2O3/c1-21(13-7-3-4-8-13)18(23)14-9-5-6-10-15(14)22(2)19(24)16-11-12-17(20)25-16/h5-6,9-13H,3-4,7-8H2,1-2H3. The van der Waals surface area contributed by atoms with Gasteiger partial charge in [-0.05, 0) is 53.0 Å². The van der Waals surface area contributed by atoms with E-state index in [1.54, 1.807) is 31.3 Å². The Hall–Kier alpha value is -2.08. The number of nitrogens with zero attached hydrogens (tertiary/aromatic N) is 2. The SMILES string of the molecule is CN(C(=O)c1ccc(Br)o1)c1ccccc1C(=O)N(C)C1CCCC1. The fraction of sp³-hybridized carbons (Fsp3) is 0.368. The van der Waals surface area contributed by atoms with E-state index in [0.717, 1.165) is 25.7 Å². The van der Waals surface area contributed by atoms with Crippen LogP contribution in [0.1, 0.15) is 46.6 Å². The number of benzene rings is 1. The maximum Gasteiger partial charge on any atom is 0.293 e. The summed E-state index contributed by atoms with van der Waals surface area (Å²) < 4.78 is 5.84. The van der Waals surface area contributed by atoms with E-state index in [-0.39, 0.29) is 23.6 Å². The van der Waals surface area contributed by atoms with Crippen molar-refractivity contribution in [3.63, 3.8) is 0 Å². The molecule has 0 unspecified atom stereocenters. The van der Waals surface area contributed by atoms with Gasteiger partial charge < -0.3 is 14.2 Å². The topological polar surface area (TPSA) is 53.8 Å². The van der Waals surface area contributed by atoms with Crippen LogP contribution in [-0.2, 0) is 0 Å². The summed E-state index contributed by atoms with van der Waals surface area (Å²) in [7, 11) is 3.50. The molecule has 0 radical (unpaired) electrons. The van der Waals surface area contributed by atoms with Gasteiger partial charge in [-0.15, -0.1) is 0 Å². The van der Waals surface area contributed by atoms with Crippen molar-refractivity contribution in [1.29, 1.82) is 0 Å². The minimum Gasteiger partial charge on any atom is -0.444 e. The number of halogens is 1. The average molecular weight is 405 g/mol. The van der Waals surface area contributed by atoms with Crippen molar-refractivity contribution >= 4 is 33.4 Å². The van der Waals surface area contributed by atoms with Crippen molar-refractivity contribution in [3.8, 4) is 0 Å². The minimum absolute atomic E-state index is 0.0530. The lowest BCUT2D eigenvalue weighted by molar-refractivity contribution is 0.0736. The zero-order valence-corrected chi connectivity index (χ0v) is 16.0. The first-order valence-corrected chi connectivity index (χ1v) is 9.18. The van der Waals surface area contributed by atoms with Crippen LogP contribution >= 0.6 is 15.9 Å². The molecule has 0 N–H and O–H groups in total. The van der Waals surface area contributed by atoms with Gasteiger partial charge in [0.1, 0.15) is 0 Å². The van der Waals surface area contributed by atoms with Gasteiger partial charge in [-0.2, -0.15) is 0 Å². The predicted octanol–water partition coefficient (Wildman–Crippen LogP) is 4.33. The fourth-order valence-corrected chi connectivity index (χ4v) is 3.60. The molecule has 1 aliphatic rings. The number of carbonyl (C=O) groups excluding carboxylic acids is 2. The Balaban J connectivity index is 1.87. The molecular weight excluding hydrogens is 384 g/mol. The molecule has 0 atom stereocenters. The quantitative estimate of drug-likeness (QED) is 0.761. The van der Waals surface area contributed by atoms with Gasteiger partial charge in [0.15, 0.2) is 10.4 Å². The number of hydrogen-bond donors (Lipinski definition) is 0. The highest BCUT2D eigenvalue weighted by molar-refractivity contribution is 9.10. The molecule has 25 heavy (non-hydrogen) atoms. The van der Waals surface area contributed by atoms with Crippen molar-refractivity contribution in [2.24, 2.45) is 0 Å². The number of para-hydroxylation sites is 1. The Morgan fingerprint density at radius 3 is 2.36 bits per heavy atom. The first-order valence-electron chi connectivity index (χ1n) is 8.38. The van der Waals surface area contributed by atoms with Crippen LogP contribution in [0.25, 0.3) is 0 Å². The first-order chi connectivity index (χ1) is 12.0. The van der Waals surface area contributed by atoms with Crippen LogP contribution in [0.2, 0.25) is 0 Å². The summed E-state index contributed by atoms with van der Waals surface area (Å²) in [5.41, 5.74) is 1.10. The monoisotopic (exact) mass is 404 g/mol.